The summed E-state index contributed by atoms with van der Waals surface area (Å²) < 4.78 is 0. The molecule has 0 radical (unpaired) electrons. The van der Waals surface area contributed by atoms with E-state index in [1.807, 2.05) is 6.07 Å². The molecule has 0 spiro atoms. The van der Waals surface area contributed by atoms with E-state index >= 15 is 0 Å². The maximum Gasteiger partial charge on any atom is 0.323 e. The molecule has 2 rings (SSSR count). The monoisotopic (exact) mass is 278 g/mol. The number of nitrogens with zero attached hydrogens (tertiary/aromatic N) is 3. The summed E-state index contributed by atoms with van der Waals surface area (Å²) in [6.07, 6.45) is 3.90. The maximum absolute atomic E-state index is 11.3. The number of primary amides is 1. The van der Waals surface area contributed by atoms with Crippen LogP contribution < -0.4 is 10.6 Å². The molecule has 1 aliphatic rings. The number of anilines is 1. The predicted molar refractivity (Wildman–Crippen MR) is 73.4 cm³/mol. The van der Waals surface area contributed by atoms with Crippen molar-refractivity contribution in [1.29, 1.82) is 0 Å². The lowest BCUT2D eigenvalue weighted by atomic mass is 10.1. The summed E-state index contributed by atoms with van der Waals surface area (Å²) in [6.45, 7) is 0.559. The first kappa shape index (κ1) is 14.3. The second-order valence-electron chi connectivity index (χ2n) is 4.91. The van der Waals surface area contributed by atoms with Gasteiger partial charge in [0.25, 0.3) is 0 Å². The highest BCUT2D eigenvalue weighted by atomic mass is 16.4. The lowest BCUT2D eigenvalue weighted by molar-refractivity contribution is -0.135. The van der Waals surface area contributed by atoms with Crippen LogP contribution in [0.25, 0.3) is 0 Å². The summed E-state index contributed by atoms with van der Waals surface area (Å²) in [5.74, 6) is -0.880. The average molecular weight is 278 g/mol. The van der Waals surface area contributed by atoms with Crippen molar-refractivity contribution in [1.82, 2.24) is 9.88 Å². The first-order chi connectivity index (χ1) is 9.49. The third-order valence-corrected chi connectivity index (χ3v) is 3.51. The van der Waals surface area contributed by atoms with Crippen molar-refractivity contribution in [3.63, 3.8) is 0 Å². The highest BCUT2D eigenvalue weighted by molar-refractivity contribution is 5.94. The Morgan fingerprint density at radius 3 is 2.75 bits per heavy atom. The van der Waals surface area contributed by atoms with Crippen LogP contribution in [0.15, 0.2) is 18.3 Å². The summed E-state index contributed by atoms with van der Waals surface area (Å²) in [5.41, 5.74) is 6.24. The summed E-state index contributed by atoms with van der Waals surface area (Å²) >= 11 is 0. The van der Waals surface area contributed by atoms with Gasteiger partial charge in [-0.25, -0.2) is 9.78 Å². The normalized spacial score (nSPS) is 18.9. The summed E-state index contributed by atoms with van der Waals surface area (Å²) in [5, 5.41) is 8.77. The molecule has 1 atom stereocenters. The van der Waals surface area contributed by atoms with Crippen LogP contribution in [0.3, 0.4) is 0 Å². The molecular weight excluding hydrogens is 260 g/mol. The molecule has 1 unspecified atom stereocenters. The van der Waals surface area contributed by atoms with E-state index in [9.17, 15) is 9.59 Å². The molecule has 0 aliphatic carbocycles. The lowest BCUT2D eigenvalue weighted by Crippen LogP contribution is -2.40. The number of carbonyl (C=O) groups excluding carboxylic acids is 1. The van der Waals surface area contributed by atoms with Crippen LogP contribution in [0.1, 0.15) is 24.4 Å². The number of pyridine rings is 1. The van der Waals surface area contributed by atoms with Gasteiger partial charge in [0.05, 0.1) is 0 Å². The SMILES string of the molecule is CN1CCCC1c1ccc(N(CC(=O)O)C(N)=O)nc1. The average Bonchev–Trinajstić information content (AvgIpc) is 2.82. The Morgan fingerprint density at radius 2 is 2.30 bits per heavy atom. The number of hydrogen-bond donors (Lipinski definition) is 2. The highest BCUT2D eigenvalue weighted by Crippen LogP contribution is 2.30. The van der Waals surface area contributed by atoms with Crippen molar-refractivity contribution in [2.75, 3.05) is 25.0 Å². The van der Waals surface area contributed by atoms with Crippen LogP contribution in [-0.4, -0.2) is 47.1 Å². The minimum absolute atomic E-state index is 0.254. The van der Waals surface area contributed by atoms with E-state index in [1.54, 1.807) is 12.3 Å². The van der Waals surface area contributed by atoms with Crippen molar-refractivity contribution in [3.05, 3.63) is 23.9 Å². The molecule has 108 valence electrons. The van der Waals surface area contributed by atoms with Crippen LogP contribution in [0.2, 0.25) is 0 Å². The molecular formula is C13H18N4O3. The zero-order chi connectivity index (χ0) is 14.7. The van der Waals surface area contributed by atoms with Gasteiger partial charge in [0, 0.05) is 12.2 Å². The fourth-order valence-corrected chi connectivity index (χ4v) is 2.49. The van der Waals surface area contributed by atoms with Gasteiger partial charge in [-0.3, -0.25) is 14.6 Å². The molecule has 0 saturated carbocycles. The van der Waals surface area contributed by atoms with Crippen molar-refractivity contribution in [2.24, 2.45) is 5.73 Å². The molecule has 7 nitrogen and oxygen atoms in total. The zero-order valence-electron chi connectivity index (χ0n) is 11.3. The van der Waals surface area contributed by atoms with Gasteiger partial charge in [-0.05, 0) is 38.1 Å². The van der Waals surface area contributed by atoms with Gasteiger partial charge in [-0.15, -0.1) is 0 Å². The molecule has 20 heavy (non-hydrogen) atoms. The summed E-state index contributed by atoms with van der Waals surface area (Å²) in [4.78, 5) is 29.3. The van der Waals surface area contributed by atoms with Crippen molar-refractivity contribution in [3.8, 4) is 0 Å². The van der Waals surface area contributed by atoms with Crippen LogP contribution in [-0.2, 0) is 4.79 Å². The number of hydrogen-bond acceptors (Lipinski definition) is 4. The van der Waals surface area contributed by atoms with Gasteiger partial charge in [0.2, 0.25) is 0 Å². The number of carboxylic acid groups (broad SMARTS) is 1. The van der Waals surface area contributed by atoms with Crippen LogP contribution in [0, 0.1) is 0 Å². The fraction of sp³-hybridized carbons (Fsp3) is 0.462. The molecule has 1 aromatic rings. The number of aromatic nitrogens is 1. The predicted octanol–water partition coefficient (Wildman–Crippen LogP) is 0.818. The molecule has 2 heterocycles. The molecule has 0 bridgehead atoms. The van der Waals surface area contributed by atoms with Gasteiger partial charge in [-0.1, -0.05) is 6.07 Å². The Labute approximate surface area is 117 Å². The van der Waals surface area contributed by atoms with Gasteiger partial charge in [-0.2, -0.15) is 0 Å². The Balaban J connectivity index is 2.17. The second-order valence-corrected chi connectivity index (χ2v) is 4.91. The van der Waals surface area contributed by atoms with Gasteiger partial charge < -0.3 is 10.8 Å². The Hall–Kier alpha value is -2.15. The number of rotatable bonds is 4. The number of carbonyl (C=O) groups is 2. The highest BCUT2D eigenvalue weighted by Gasteiger charge is 2.23. The molecule has 1 aliphatic heterocycles. The van der Waals surface area contributed by atoms with Gasteiger partial charge in [0.15, 0.2) is 0 Å². The zero-order valence-corrected chi connectivity index (χ0v) is 11.3. The molecule has 1 saturated heterocycles. The smallest absolute Gasteiger partial charge is 0.323 e. The Kier molecular flexibility index (Phi) is 4.19. The quantitative estimate of drug-likeness (QED) is 0.849. The van der Waals surface area contributed by atoms with E-state index in [4.69, 9.17) is 10.8 Å². The van der Waals surface area contributed by atoms with E-state index < -0.39 is 18.5 Å². The third kappa shape index (κ3) is 3.05. The number of likely N-dealkylation sites (tertiary alicyclic amines) is 1. The standard InChI is InChI=1S/C13H18N4O3/c1-16-6-2-3-10(16)9-4-5-11(15-7-9)17(13(14)20)8-12(18)19/h4-5,7,10H,2-3,6,8H2,1H3,(H2,14,20)(H,18,19). The number of nitrogens with two attached hydrogens (primary N) is 1. The van der Waals surface area contributed by atoms with E-state index in [0.717, 1.165) is 29.8 Å². The van der Waals surface area contributed by atoms with Crippen molar-refractivity contribution >= 4 is 17.8 Å². The topological polar surface area (TPSA) is 99.8 Å². The van der Waals surface area contributed by atoms with Crippen molar-refractivity contribution < 1.29 is 14.7 Å². The van der Waals surface area contributed by atoms with Crippen LogP contribution >= 0.6 is 0 Å². The second kappa shape index (κ2) is 5.87. The Morgan fingerprint density at radius 1 is 1.55 bits per heavy atom. The minimum atomic E-state index is -1.13. The first-order valence-corrected chi connectivity index (χ1v) is 6.44. The molecule has 2 amide bonds. The van der Waals surface area contributed by atoms with Crippen LogP contribution in [0.5, 0.6) is 0 Å². The molecule has 3 N–H and O–H groups in total. The first-order valence-electron chi connectivity index (χ1n) is 6.44. The number of carboxylic acids is 1. The van der Waals surface area contributed by atoms with E-state index in [-0.39, 0.29) is 5.82 Å². The fourth-order valence-electron chi connectivity index (χ4n) is 2.49. The van der Waals surface area contributed by atoms with Crippen molar-refractivity contribution in [2.45, 2.75) is 18.9 Å². The summed E-state index contributed by atoms with van der Waals surface area (Å²) in [7, 11) is 2.06. The number of aliphatic carboxylic acids is 1. The third-order valence-electron chi connectivity index (χ3n) is 3.51. The number of urea groups is 1. The minimum Gasteiger partial charge on any atom is -0.480 e. The lowest BCUT2D eigenvalue weighted by Gasteiger charge is -2.21. The van der Waals surface area contributed by atoms with Gasteiger partial charge in [0.1, 0.15) is 12.4 Å². The maximum atomic E-state index is 11.3. The van der Waals surface area contributed by atoms with E-state index in [1.165, 1.54) is 0 Å². The summed E-state index contributed by atoms with van der Waals surface area (Å²) in [6, 6.07) is 3.01. The Bertz CT molecular complexity index is 503. The largest absolute Gasteiger partial charge is 0.480 e. The molecule has 0 aromatic carbocycles. The molecule has 7 heteroatoms. The van der Waals surface area contributed by atoms with E-state index in [2.05, 4.69) is 16.9 Å². The van der Waals surface area contributed by atoms with Crippen LogP contribution in [0.4, 0.5) is 10.6 Å². The molecule has 1 aromatic heterocycles. The van der Waals surface area contributed by atoms with E-state index in [0.29, 0.717) is 6.04 Å². The molecule has 1 fully saturated rings. The van der Waals surface area contributed by atoms with Gasteiger partial charge >= 0.3 is 12.0 Å². The number of amides is 2.